The van der Waals surface area contributed by atoms with Gasteiger partial charge in [0, 0.05) is 38.0 Å². The molecule has 1 aliphatic carbocycles. The van der Waals surface area contributed by atoms with Gasteiger partial charge in [-0.25, -0.2) is 9.97 Å². The van der Waals surface area contributed by atoms with Crippen LogP contribution in [0.1, 0.15) is 17.7 Å². The molecule has 5 nitrogen and oxygen atoms in total. The lowest BCUT2D eigenvalue weighted by Gasteiger charge is -2.09. The largest absolute Gasteiger partial charge is 0.383 e. The topological polar surface area (TPSA) is 59.1 Å². The zero-order chi connectivity index (χ0) is 11.9. The summed E-state index contributed by atoms with van der Waals surface area (Å²) in [5.74, 6) is 1.01. The van der Waals surface area contributed by atoms with Crippen molar-refractivity contribution in [3.63, 3.8) is 0 Å². The number of ether oxygens (including phenoxy) is 1. The van der Waals surface area contributed by atoms with E-state index in [2.05, 4.69) is 20.6 Å². The summed E-state index contributed by atoms with van der Waals surface area (Å²) in [7, 11) is 1.71. The van der Waals surface area contributed by atoms with E-state index in [-0.39, 0.29) is 0 Å². The molecule has 0 saturated heterocycles. The van der Waals surface area contributed by atoms with Crippen LogP contribution in [-0.4, -0.2) is 43.3 Å². The molecule has 2 N–H and O–H groups in total. The van der Waals surface area contributed by atoms with Crippen LogP contribution in [0, 0.1) is 0 Å². The molecule has 0 aromatic carbocycles. The van der Waals surface area contributed by atoms with Crippen molar-refractivity contribution in [1.29, 1.82) is 0 Å². The number of fused-ring (bicyclic) bond motifs is 1. The van der Waals surface area contributed by atoms with Gasteiger partial charge in [0.1, 0.15) is 12.1 Å². The van der Waals surface area contributed by atoms with E-state index in [9.17, 15) is 0 Å². The molecular formula is C12H20N4O. The van der Waals surface area contributed by atoms with Crippen LogP contribution in [0.2, 0.25) is 0 Å². The van der Waals surface area contributed by atoms with Crippen LogP contribution in [0.25, 0.3) is 0 Å². The van der Waals surface area contributed by atoms with Crippen molar-refractivity contribution >= 4 is 5.82 Å². The highest BCUT2D eigenvalue weighted by Crippen LogP contribution is 2.24. The minimum absolute atomic E-state index is 0.753. The van der Waals surface area contributed by atoms with Crippen LogP contribution >= 0.6 is 0 Å². The van der Waals surface area contributed by atoms with Gasteiger partial charge in [-0.05, 0) is 19.3 Å². The van der Waals surface area contributed by atoms with E-state index >= 15 is 0 Å². The summed E-state index contributed by atoms with van der Waals surface area (Å²) in [4.78, 5) is 8.62. The van der Waals surface area contributed by atoms with Gasteiger partial charge in [0.25, 0.3) is 0 Å². The van der Waals surface area contributed by atoms with E-state index in [1.165, 1.54) is 17.7 Å². The summed E-state index contributed by atoms with van der Waals surface area (Å²) in [5, 5.41) is 6.66. The number of anilines is 1. The Bertz CT molecular complexity index is 356. The second kappa shape index (κ2) is 6.51. The Morgan fingerprint density at radius 3 is 3.06 bits per heavy atom. The fourth-order valence-electron chi connectivity index (χ4n) is 2.08. The highest BCUT2D eigenvalue weighted by Gasteiger charge is 2.16. The molecule has 0 atom stereocenters. The third-order valence-corrected chi connectivity index (χ3v) is 2.95. The quantitative estimate of drug-likeness (QED) is 0.679. The van der Waals surface area contributed by atoms with E-state index < -0.39 is 0 Å². The van der Waals surface area contributed by atoms with E-state index in [1.54, 1.807) is 13.4 Å². The van der Waals surface area contributed by atoms with Gasteiger partial charge in [-0.15, -0.1) is 0 Å². The molecule has 2 rings (SSSR count). The zero-order valence-corrected chi connectivity index (χ0v) is 10.3. The SMILES string of the molecule is COCCNCCNc1ncnc2c1CCC2. The van der Waals surface area contributed by atoms with Gasteiger partial charge < -0.3 is 15.4 Å². The fraction of sp³-hybridized carbons (Fsp3) is 0.667. The van der Waals surface area contributed by atoms with Gasteiger partial charge in [0.05, 0.1) is 6.61 Å². The lowest BCUT2D eigenvalue weighted by molar-refractivity contribution is 0.200. The standard InChI is InChI=1S/C12H20N4O/c1-17-8-7-13-5-6-14-12-10-3-2-4-11(10)15-9-16-12/h9,13H,2-8H2,1H3,(H,14,15,16). The molecule has 1 aromatic rings. The molecule has 1 heterocycles. The Morgan fingerprint density at radius 1 is 1.24 bits per heavy atom. The Kier molecular flexibility index (Phi) is 4.70. The summed E-state index contributed by atoms with van der Waals surface area (Å²) in [6.07, 6.45) is 5.06. The molecule has 0 saturated carbocycles. The van der Waals surface area contributed by atoms with Gasteiger partial charge in [0.15, 0.2) is 0 Å². The van der Waals surface area contributed by atoms with Crippen molar-refractivity contribution in [2.45, 2.75) is 19.3 Å². The maximum Gasteiger partial charge on any atom is 0.132 e. The summed E-state index contributed by atoms with van der Waals surface area (Å²) >= 11 is 0. The first-order chi connectivity index (χ1) is 8.42. The maximum absolute atomic E-state index is 4.96. The maximum atomic E-state index is 4.96. The molecule has 94 valence electrons. The van der Waals surface area contributed by atoms with Crippen molar-refractivity contribution in [1.82, 2.24) is 15.3 Å². The van der Waals surface area contributed by atoms with Gasteiger partial charge in [-0.1, -0.05) is 0 Å². The third kappa shape index (κ3) is 3.38. The molecule has 0 unspecified atom stereocenters. The number of nitrogens with one attached hydrogen (secondary N) is 2. The van der Waals surface area contributed by atoms with E-state index in [1.807, 2.05) is 0 Å². The predicted molar refractivity (Wildman–Crippen MR) is 67.3 cm³/mol. The summed E-state index contributed by atoms with van der Waals surface area (Å²) in [6, 6.07) is 0. The van der Waals surface area contributed by atoms with Gasteiger partial charge in [-0.3, -0.25) is 0 Å². The number of nitrogens with zero attached hydrogens (tertiary/aromatic N) is 2. The minimum Gasteiger partial charge on any atom is -0.383 e. The van der Waals surface area contributed by atoms with E-state index in [0.717, 1.165) is 44.9 Å². The molecule has 0 aliphatic heterocycles. The number of aryl methyl sites for hydroxylation is 1. The summed E-state index contributed by atoms with van der Waals surface area (Å²) in [6.45, 7) is 3.44. The first kappa shape index (κ1) is 12.3. The molecule has 0 amide bonds. The van der Waals surface area contributed by atoms with Crippen molar-refractivity contribution < 1.29 is 4.74 Å². The molecule has 0 spiro atoms. The first-order valence-corrected chi connectivity index (χ1v) is 6.18. The second-order valence-corrected chi connectivity index (χ2v) is 4.17. The normalized spacial score (nSPS) is 13.7. The molecule has 5 heteroatoms. The Hall–Kier alpha value is -1.20. The lowest BCUT2D eigenvalue weighted by Crippen LogP contribution is -2.26. The molecule has 1 aliphatic rings. The number of methoxy groups -OCH3 is 1. The van der Waals surface area contributed by atoms with Crippen molar-refractivity contribution in [3.05, 3.63) is 17.6 Å². The monoisotopic (exact) mass is 236 g/mol. The number of rotatable bonds is 7. The molecular weight excluding hydrogens is 216 g/mol. The van der Waals surface area contributed by atoms with Crippen molar-refractivity contribution in [2.75, 3.05) is 38.7 Å². The first-order valence-electron chi connectivity index (χ1n) is 6.18. The number of hydrogen-bond acceptors (Lipinski definition) is 5. The molecule has 17 heavy (non-hydrogen) atoms. The summed E-state index contributed by atoms with van der Waals surface area (Å²) < 4.78 is 4.96. The van der Waals surface area contributed by atoms with Crippen LogP contribution < -0.4 is 10.6 Å². The Labute approximate surface area is 102 Å². The van der Waals surface area contributed by atoms with Gasteiger partial charge in [0.2, 0.25) is 0 Å². The van der Waals surface area contributed by atoms with Crippen LogP contribution in [0.15, 0.2) is 6.33 Å². The number of aromatic nitrogens is 2. The fourth-order valence-corrected chi connectivity index (χ4v) is 2.08. The molecule has 0 bridgehead atoms. The van der Waals surface area contributed by atoms with Gasteiger partial charge in [-0.2, -0.15) is 0 Å². The van der Waals surface area contributed by atoms with Crippen LogP contribution in [-0.2, 0) is 17.6 Å². The highest BCUT2D eigenvalue weighted by molar-refractivity contribution is 5.47. The third-order valence-electron chi connectivity index (χ3n) is 2.95. The van der Waals surface area contributed by atoms with E-state index in [0.29, 0.717) is 0 Å². The van der Waals surface area contributed by atoms with Crippen molar-refractivity contribution in [3.8, 4) is 0 Å². The predicted octanol–water partition coefficient (Wildman–Crippen LogP) is 0.613. The smallest absolute Gasteiger partial charge is 0.132 e. The highest BCUT2D eigenvalue weighted by atomic mass is 16.5. The van der Waals surface area contributed by atoms with Gasteiger partial charge >= 0.3 is 0 Å². The second-order valence-electron chi connectivity index (χ2n) is 4.17. The zero-order valence-electron chi connectivity index (χ0n) is 10.3. The lowest BCUT2D eigenvalue weighted by atomic mass is 10.2. The molecule has 1 aromatic heterocycles. The molecule has 0 radical (unpaired) electrons. The molecule has 0 fully saturated rings. The Balaban J connectivity index is 1.74. The average molecular weight is 236 g/mol. The van der Waals surface area contributed by atoms with Crippen LogP contribution in [0.3, 0.4) is 0 Å². The summed E-state index contributed by atoms with van der Waals surface area (Å²) in [5.41, 5.74) is 2.53. The Morgan fingerprint density at radius 2 is 2.18 bits per heavy atom. The van der Waals surface area contributed by atoms with Crippen molar-refractivity contribution in [2.24, 2.45) is 0 Å². The number of hydrogen-bond donors (Lipinski definition) is 2. The van der Waals surface area contributed by atoms with Crippen LogP contribution in [0.4, 0.5) is 5.82 Å². The minimum atomic E-state index is 0.753. The average Bonchev–Trinajstić information content (AvgIpc) is 2.82. The van der Waals surface area contributed by atoms with Crippen LogP contribution in [0.5, 0.6) is 0 Å². The van der Waals surface area contributed by atoms with E-state index in [4.69, 9.17) is 4.74 Å².